The van der Waals surface area contributed by atoms with Gasteiger partial charge in [0, 0.05) is 23.4 Å². The Kier molecular flexibility index (Phi) is 8.26. The zero-order chi connectivity index (χ0) is 20.4. The molecule has 0 aliphatic heterocycles. The fraction of sp³-hybridized carbons (Fsp3) is 0.300. The van der Waals surface area contributed by atoms with Gasteiger partial charge in [-0.2, -0.15) is 0 Å². The number of aliphatic hydroxyl groups excluding tert-OH is 1. The van der Waals surface area contributed by atoms with Gasteiger partial charge in [-0.3, -0.25) is 0 Å². The topological polar surface area (TPSA) is 103 Å². The zero-order valence-corrected chi connectivity index (χ0v) is 15.6. The van der Waals surface area contributed by atoms with Crippen molar-refractivity contribution in [1.82, 2.24) is 5.32 Å². The number of carbonyl (C=O) groups excluding carboxylic acids is 2. The van der Waals surface area contributed by atoms with E-state index in [0.717, 1.165) is 6.08 Å². The molecule has 8 nitrogen and oxygen atoms in total. The molecule has 0 spiro atoms. The van der Waals surface area contributed by atoms with Crippen molar-refractivity contribution in [2.45, 2.75) is 13.2 Å². The minimum absolute atomic E-state index is 0.113. The number of hydrogen-bond acceptors (Lipinski definition) is 7. The maximum absolute atomic E-state index is 12.0. The Morgan fingerprint density at radius 3 is 2.46 bits per heavy atom. The van der Waals surface area contributed by atoms with Gasteiger partial charge < -0.3 is 29.4 Å². The monoisotopic (exact) mass is 389 g/mol. The van der Waals surface area contributed by atoms with E-state index < -0.39 is 18.4 Å². The normalized spacial score (nSPS) is 11.5. The first-order chi connectivity index (χ1) is 13.5. The molecule has 0 aromatic heterocycles. The number of esters is 1. The Labute approximate surface area is 162 Å². The van der Waals surface area contributed by atoms with Crippen LogP contribution in [-0.2, 0) is 14.3 Å². The quantitative estimate of drug-likeness (QED) is 0.278. The Balaban J connectivity index is 1.83. The van der Waals surface area contributed by atoms with E-state index in [4.69, 9.17) is 18.9 Å². The first-order valence-electron chi connectivity index (χ1n) is 8.70. The molecule has 2 rings (SSSR count). The highest BCUT2D eigenvalue weighted by Crippen LogP contribution is 2.32. The van der Waals surface area contributed by atoms with Gasteiger partial charge in [0.25, 0.3) is 0 Å². The largest absolute Gasteiger partial charge is 0.465 e. The van der Waals surface area contributed by atoms with Crippen LogP contribution in [-0.4, -0.2) is 49.8 Å². The van der Waals surface area contributed by atoms with Crippen molar-refractivity contribution in [2.24, 2.45) is 0 Å². The molecule has 28 heavy (non-hydrogen) atoms. The predicted octanol–water partition coefficient (Wildman–Crippen LogP) is 2.39. The summed E-state index contributed by atoms with van der Waals surface area (Å²) >= 11 is 0. The molecule has 0 saturated heterocycles. The summed E-state index contributed by atoms with van der Waals surface area (Å²) in [5, 5.41) is 13.4. The number of hydrogen-bond donors (Lipinski definition) is 2. The number of benzene rings is 2. The highest BCUT2D eigenvalue weighted by atomic mass is 16.6. The fourth-order valence-electron chi connectivity index (χ4n) is 2.35. The SMILES string of the molecule is C=CC(=O)OCCOCCNC(=O)Oc1cccc2c(OC(C)O)cccc12. The van der Waals surface area contributed by atoms with Crippen LogP contribution in [0, 0.1) is 0 Å². The van der Waals surface area contributed by atoms with Gasteiger partial charge in [0.1, 0.15) is 18.1 Å². The number of aliphatic hydroxyl groups is 1. The van der Waals surface area contributed by atoms with Gasteiger partial charge in [0.05, 0.1) is 13.2 Å². The van der Waals surface area contributed by atoms with Crippen LogP contribution >= 0.6 is 0 Å². The molecule has 8 heteroatoms. The molecule has 0 heterocycles. The molecule has 0 aliphatic rings. The molecule has 0 radical (unpaired) electrons. The second-order valence-electron chi connectivity index (χ2n) is 5.62. The van der Waals surface area contributed by atoms with Gasteiger partial charge in [0.2, 0.25) is 0 Å². The number of rotatable bonds is 10. The van der Waals surface area contributed by atoms with Crippen LogP contribution < -0.4 is 14.8 Å². The van der Waals surface area contributed by atoms with Gasteiger partial charge >= 0.3 is 12.1 Å². The average molecular weight is 389 g/mol. The lowest BCUT2D eigenvalue weighted by atomic mass is 10.1. The number of ether oxygens (including phenoxy) is 4. The molecule has 0 aliphatic carbocycles. The molecule has 1 amide bonds. The van der Waals surface area contributed by atoms with Crippen molar-refractivity contribution in [3.8, 4) is 11.5 Å². The molecular formula is C20H23NO7. The van der Waals surface area contributed by atoms with Gasteiger partial charge in [-0.15, -0.1) is 0 Å². The molecule has 2 aromatic carbocycles. The summed E-state index contributed by atoms with van der Waals surface area (Å²) in [6.45, 7) is 5.59. The minimum Gasteiger partial charge on any atom is -0.465 e. The van der Waals surface area contributed by atoms with E-state index in [9.17, 15) is 14.7 Å². The third-order valence-corrected chi connectivity index (χ3v) is 3.50. The van der Waals surface area contributed by atoms with E-state index in [1.807, 2.05) is 6.07 Å². The van der Waals surface area contributed by atoms with Crippen LogP contribution in [0.15, 0.2) is 49.1 Å². The Morgan fingerprint density at radius 1 is 1.11 bits per heavy atom. The summed E-state index contributed by atoms with van der Waals surface area (Å²) in [6.07, 6.45) is -0.514. The molecule has 150 valence electrons. The highest BCUT2D eigenvalue weighted by molar-refractivity contribution is 5.94. The summed E-state index contributed by atoms with van der Waals surface area (Å²) in [6, 6.07) is 10.5. The smallest absolute Gasteiger partial charge is 0.412 e. The molecular weight excluding hydrogens is 366 g/mol. The number of carbonyl (C=O) groups is 2. The number of amides is 1. The molecule has 2 aromatic rings. The first kappa shape index (κ1) is 21.2. The van der Waals surface area contributed by atoms with E-state index in [0.29, 0.717) is 22.3 Å². The van der Waals surface area contributed by atoms with E-state index in [1.165, 1.54) is 6.92 Å². The molecule has 1 unspecified atom stereocenters. The van der Waals surface area contributed by atoms with Crippen molar-refractivity contribution in [1.29, 1.82) is 0 Å². The van der Waals surface area contributed by atoms with Crippen LogP contribution in [0.25, 0.3) is 10.8 Å². The maximum Gasteiger partial charge on any atom is 0.412 e. The first-order valence-corrected chi connectivity index (χ1v) is 8.70. The summed E-state index contributed by atoms with van der Waals surface area (Å²) in [5.74, 6) is 0.342. The Bertz CT molecular complexity index is 819. The number of fused-ring (bicyclic) bond motifs is 1. The molecule has 0 saturated carbocycles. The fourth-order valence-corrected chi connectivity index (χ4v) is 2.35. The van der Waals surface area contributed by atoms with Crippen LogP contribution in [0.2, 0.25) is 0 Å². The molecule has 1 atom stereocenters. The Hall–Kier alpha value is -3.10. The van der Waals surface area contributed by atoms with Crippen LogP contribution in [0.1, 0.15) is 6.92 Å². The van der Waals surface area contributed by atoms with Gasteiger partial charge in [-0.05, 0) is 19.1 Å². The zero-order valence-electron chi connectivity index (χ0n) is 15.6. The number of nitrogens with one attached hydrogen (secondary N) is 1. The standard InChI is InChI=1S/C20H23NO7/c1-3-19(23)26-13-12-25-11-10-21-20(24)28-18-9-5-6-15-16(18)7-4-8-17(15)27-14(2)22/h3-9,14,22H,1,10-13H2,2H3,(H,21,24). The van der Waals surface area contributed by atoms with Crippen molar-refractivity contribution in [3.05, 3.63) is 49.1 Å². The second kappa shape index (κ2) is 10.9. The van der Waals surface area contributed by atoms with Crippen LogP contribution in [0.5, 0.6) is 11.5 Å². The lowest BCUT2D eigenvalue weighted by molar-refractivity contribution is -0.139. The van der Waals surface area contributed by atoms with Crippen molar-refractivity contribution >= 4 is 22.8 Å². The summed E-state index contributed by atoms with van der Waals surface area (Å²) in [7, 11) is 0. The predicted molar refractivity (Wildman–Crippen MR) is 102 cm³/mol. The third-order valence-electron chi connectivity index (χ3n) is 3.50. The van der Waals surface area contributed by atoms with Gasteiger partial charge in [0.15, 0.2) is 6.29 Å². The van der Waals surface area contributed by atoms with E-state index >= 15 is 0 Å². The van der Waals surface area contributed by atoms with Crippen molar-refractivity contribution in [2.75, 3.05) is 26.4 Å². The second-order valence-corrected chi connectivity index (χ2v) is 5.62. The molecule has 0 bridgehead atoms. The third kappa shape index (κ3) is 6.57. The van der Waals surface area contributed by atoms with E-state index in [-0.39, 0.29) is 26.4 Å². The molecule has 2 N–H and O–H groups in total. The van der Waals surface area contributed by atoms with E-state index in [1.54, 1.807) is 30.3 Å². The van der Waals surface area contributed by atoms with Crippen molar-refractivity contribution < 1.29 is 33.6 Å². The van der Waals surface area contributed by atoms with Gasteiger partial charge in [-0.25, -0.2) is 9.59 Å². The summed E-state index contributed by atoms with van der Waals surface area (Å²) in [5.41, 5.74) is 0. The highest BCUT2D eigenvalue weighted by Gasteiger charge is 2.11. The summed E-state index contributed by atoms with van der Waals surface area (Å²) in [4.78, 5) is 22.8. The minimum atomic E-state index is -0.959. The van der Waals surface area contributed by atoms with Crippen molar-refractivity contribution in [3.63, 3.8) is 0 Å². The average Bonchev–Trinajstić information content (AvgIpc) is 2.67. The van der Waals surface area contributed by atoms with Crippen LogP contribution in [0.3, 0.4) is 0 Å². The maximum atomic E-state index is 12.0. The lowest BCUT2D eigenvalue weighted by Gasteiger charge is -2.13. The Morgan fingerprint density at radius 2 is 1.79 bits per heavy atom. The van der Waals surface area contributed by atoms with Crippen LogP contribution in [0.4, 0.5) is 4.79 Å². The van der Waals surface area contributed by atoms with Gasteiger partial charge in [-0.1, -0.05) is 30.8 Å². The summed E-state index contributed by atoms with van der Waals surface area (Å²) < 4.78 is 20.7. The lowest BCUT2D eigenvalue weighted by Crippen LogP contribution is -2.30. The van der Waals surface area contributed by atoms with E-state index in [2.05, 4.69) is 11.9 Å². The molecule has 0 fully saturated rings.